The number of fused-ring (bicyclic) bond motifs is 6. The number of benzene rings is 4. The van der Waals surface area contributed by atoms with Gasteiger partial charge in [-0.15, -0.1) is 0 Å². The van der Waals surface area contributed by atoms with Crippen molar-refractivity contribution in [2.75, 3.05) is 9.80 Å². The largest absolute Gasteiger partial charge is 0.468 e. The van der Waals surface area contributed by atoms with Crippen LogP contribution in [0.25, 0.3) is 11.0 Å². The lowest BCUT2D eigenvalue weighted by Gasteiger charge is -2.44. The molecular formula is C51H61BN2O. The van der Waals surface area contributed by atoms with E-state index in [1.165, 1.54) is 72.7 Å². The Morgan fingerprint density at radius 3 is 1.82 bits per heavy atom. The molecule has 0 spiro atoms. The Kier molecular flexibility index (Phi) is 8.54. The van der Waals surface area contributed by atoms with Gasteiger partial charge in [-0.2, -0.15) is 0 Å². The van der Waals surface area contributed by atoms with E-state index in [0.717, 1.165) is 17.7 Å². The number of allylic oxidation sites excluding steroid dienone is 3. The first-order valence-corrected chi connectivity index (χ1v) is 20.7. The van der Waals surface area contributed by atoms with Gasteiger partial charge in [0.05, 0.1) is 11.3 Å². The van der Waals surface area contributed by atoms with Crippen LogP contribution >= 0.6 is 0 Å². The van der Waals surface area contributed by atoms with Crippen LogP contribution in [0.5, 0.6) is 0 Å². The first-order valence-electron chi connectivity index (χ1n) is 20.7. The first kappa shape index (κ1) is 37.5. The van der Waals surface area contributed by atoms with E-state index in [4.69, 9.17) is 4.42 Å². The molecule has 0 radical (unpaired) electrons. The third-order valence-corrected chi connectivity index (χ3v) is 13.0. The number of anilines is 5. The van der Waals surface area contributed by atoms with Gasteiger partial charge in [-0.05, 0) is 122 Å². The van der Waals surface area contributed by atoms with Gasteiger partial charge in [0.25, 0.3) is 6.71 Å². The average Bonchev–Trinajstić information content (AvgIpc) is 3.49. The molecule has 5 aromatic rings. The lowest BCUT2D eigenvalue weighted by molar-refractivity contribution is 0.298. The molecule has 2 aliphatic heterocycles. The van der Waals surface area contributed by atoms with E-state index in [9.17, 15) is 0 Å². The van der Waals surface area contributed by atoms with E-state index in [1.54, 1.807) is 0 Å². The molecule has 8 rings (SSSR count). The van der Waals surface area contributed by atoms with Gasteiger partial charge in [0.1, 0.15) is 5.58 Å². The summed E-state index contributed by atoms with van der Waals surface area (Å²) in [4.78, 5) is 5.13. The van der Waals surface area contributed by atoms with Gasteiger partial charge in [0.2, 0.25) is 0 Å². The Hall–Kier alpha value is -4.44. The quantitative estimate of drug-likeness (QED) is 0.169. The van der Waals surface area contributed by atoms with Crippen molar-refractivity contribution in [3.63, 3.8) is 0 Å². The predicted molar refractivity (Wildman–Crippen MR) is 239 cm³/mol. The van der Waals surface area contributed by atoms with Gasteiger partial charge < -0.3 is 14.2 Å². The highest BCUT2D eigenvalue weighted by Gasteiger charge is 2.48. The third-order valence-electron chi connectivity index (χ3n) is 13.0. The topological polar surface area (TPSA) is 19.6 Å². The Labute approximate surface area is 331 Å². The van der Waals surface area contributed by atoms with Gasteiger partial charge in [-0.1, -0.05) is 139 Å². The summed E-state index contributed by atoms with van der Waals surface area (Å²) >= 11 is 0. The Morgan fingerprint density at radius 1 is 0.673 bits per heavy atom. The number of hydrogen-bond acceptors (Lipinski definition) is 3. The second kappa shape index (κ2) is 12.5. The van der Waals surface area contributed by atoms with Crippen LogP contribution < -0.4 is 26.4 Å². The van der Waals surface area contributed by atoms with Gasteiger partial charge in [-0.25, -0.2) is 0 Å². The summed E-state index contributed by atoms with van der Waals surface area (Å²) in [6.45, 7) is 32.5. The molecule has 0 saturated heterocycles. The van der Waals surface area contributed by atoms with Gasteiger partial charge in [0, 0.05) is 33.8 Å². The van der Waals surface area contributed by atoms with Crippen molar-refractivity contribution < 1.29 is 4.42 Å². The molecule has 0 N–H and O–H groups in total. The maximum absolute atomic E-state index is 7.23. The highest BCUT2D eigenvalue weighted by atomic mass is 16.3. The van der Waals surface area contributed by atoms with Crippen LogP contribution in [0.15, 0.2) is 101 Å². The smallest absolute Gasteiger partial charge is 0.297 e. The minimum atomic E-state index is -0.0848. The highest BCUT2D eigenvalue weighted by Crippen LogP contribution is 2.49. The second-order valence-corrected chi connectivity index (χ2v) is 20.7. The molecule has 1 aromatic heterocycles. The molecule has 1 aliphatic carbocycles. The summed E-state index contributed by atoms with van der Waals surface area (Å²) in [6, 6.07) is 28.4. The van der Waals surface area contributed by atoms with Crippen molar-refractivity contribution >= 4 is 62.7 Å². The molecule has 3 aliphatic rings. The fourth-order valence-electron chi connectivity index (χ4n) is 8.73. The molecular weight excluding hydrogens is 667 g/mol. The molecule has 3 heterocycles. The summed E-state index contributed by atoms with van der Waals surface area (Å²) in [7, 11) is 0. The Balaban J connectivity index is 1.50. The zero-order valence-corrected chi connectivity index (χ0v) is 35.9. The molecule has 4 heteroatoms. The van der Waals surface area contributed by atoms with Crippen molar-refractivity contribution in [2.24, 2.45) is 11.3 Å². The standard InChI is InChI=1S/C51H61BN2O/c1-31(2)33-15-19-37(20-16-33)53-41-28-35(49(8,9)10)17-21-40(41)52-45-42(53)29-36(50(11,12)13)30-43(45)54(38-23-25-51(14,26-24-38)32(3)4)46-39-27-34(48(5,6)7)18-22-44(39)55-47(46)52/h15-25,27-32H,26H2,1-14H3/t51-/m1/s1. The van der Waals surface area contributed by atoms with E-state index in [1.807, 2.05) is 0 Å². The number of rotatable bonds is 4. The zero-order chi connectivity index (χ0) is 39.6. The van der Waals surface area contributed by atoms with Crippen molar-refractivity contribution in [2.45, 2.75) is 126 Å². The number of nitrogens with zero attached hydrogens (tertiary/aromatic N) is 2. The van der Waals surface area contributed by atoms with Crippen LogP contribution in [-0.4, -0.2) is 6.71 Å². The molecule has 0 fully saturated rings. The number of hydrogen-bond donors (Lipinski definition) is 0. The van der Waals surface area contributed by atoms with E-state index < -0.39 is 0 Å². The Morgan fingerprint density at radius 2 is 1.25 bits per heavy atom. The van der Waals surface area contributed by atoms with Crippen LogP contribution in [-0.2, 0) is 16.2 Å². The minimum absolute atomic E-state index is 0.00216. The summed E-state index contributed by atoms with van der Waals surface area (Å²) < 4.78 is 7.23. The lowest BCUT2D eigenvalue weighted by atomic mass is 9.35. The molecule has 0 unspecified atom stereocenters. The molecule has 3 nitrogen and oxygen atoms in total. The number of furan rings is 1. The average molecular weight is 729 g/mol. The van der Waals surface area contributed by atoms with Gasteiger partial charge in [0.15, 0.2) is 0 Å². The van der Waals surface area contributed by atoms with Gasteiger partial charge in [-0.3, -0.25) is 0 Å². The minimum Gasteiger partial charge on any atom is -0.468 e. The van der Waals surface area contributed by atoms with Gasteiger partial charge >= 0.3 is 0 Å². The fourth-order valence-corrected chi connectivity index (χ4v) is 8.73. The van der Waals surface area contributed by atoms with Crippen LogP contribution in [0.3, 0.4) is 0 Å². The van der Waals surface area contributed by atoms with Crippen LogP contribution in [0.2, 0.25) is 0 Å². The first-order chi connectivity index (χ1) is 25.7. The van der Waals surface area contributed by atoms with E-state index >= 15 is 0 Å². The van der Waals surface area contributed by atoms with Crippen molar-refractivity contribution in [3.05, 3.63) is 119 Å². The maximum atomic E-state index is 7.23. The van der Waals surface area contributed by atoms with Crippen LogP contribution in [0.1, 0.15) is 132 Å². The third kappa shape index (κ3) is 6.10. The summed E-state index contributed by atoms with van der Waals surface area (Å²) in [5, 5.41) is 1.18. The molecule has 4 aromatic carbocycles. The second-order valence-electron chi connectivity index (χ2n) is 20.7. The van der Waals surface area contributed by atoms with E-state index in [2.05, 4.69) is 198 Å². The van der Waals surface area contributed by atoms with E-state index in [-0.39, 0.29) is 28.4 Å². The molecule has 55 heavy (non-hydrogen) atoms. The van der Waals surface area contributed by atoms with Crippen LogP contribution in [0.4, 0.5) is 28.4 Å². The monoisotopic (exact) mass is 728 g/mol. The summed E-state index contributed by atoms with van der Waals surface area (Å²) in [6.07, 6.45) is 8.34. The summed E-state index contributed by atoms with van der Waals surface area (Å²) in [5.74, 6) is 0.999. The summed E-state index contributed by atoms with van der Waals surface area (Å²) in [5.41, 5.74) is 17.2. The fraction of sp³-hybridized carbons (Fsp3) is 0.412. The normalized spacial score (nSPS) is 18.3. The molecule has 0 saturated carbocycles. The maximum Gasteiger partial charge on any atom is 0.297 e. The Bertz CT molecular complexity index is 2390. The lowest BCUT2D eigenvalue weighted by Crippen LogP contribution is -2.61. The highest BCUT2D eigenvalue weighted by molar-refractivity contribution is 6.99. The van der Waals surface area contributed by atoms with Crippen molar-refractivity contribution in [3.8, 4) is 0 Å². The van der Waals surface area contributed by atoms with E-state index in [0.29, 0.717) is 11.8 Å². The van der Waals surface area contributed by atoms with Crippen molar-refractivity contribution in [1.29, 1.82) is 0 Å². The molecule has 284 valence electrons. The van der Waals surface area contributed by atoms with Crippen molar-refractivity contribution in [1.82, 2.24) is 0 Å². The SMILES string of the molecule is CC(C)c1ccc(N2c3cc(C(C)(C)C)ccc3B3c4oc5ccc(C(C)(C)C)cc5c4N(C4=CC[C@](C)(C(C)C)C=C4)c4cc(C(C)(C)C)cc2c43)cc1. The molecule has 0 amide bonds. The predicted octanol–water partition coefficient (Wildman–Crippen LogP) is 12.7. The molecule has 1 atom stereocenters. The molecule has 0 bridgehead atoms. The van der Waals surface area contributed by atoms with Crippen LogP contribution in [0, 0.1) is 11.3 Å². The zero-order valence-electron chi connectivity index (χ0n) is 35.9.